The summed E-state index contributed by atoms with van der Waals surface area (Å²) in [5, 5.41) is 23.9. The second-order valence-electron chi connectivity index (χ2n) is 20.1. The molecule has 3 aromatic rings. The van der Waals surface area contributed by atoms with E-state index in [2.05, 4.69) is 86.2 Å². The maximum absolute atomic E-state index is 13.3. The van der Waals surface area contributed by atoms with Crippen molar-refractivity contribution in [1.82, 2.24) is 29.9 Å². The van der Waals surface area contributed by atoms with E-state index in [4.69, 9.17) is 19.2 Å². The molecule has 16 nitrogen and oxygen atoms in total. The second kappa shape index (κ2) is 26.9. The van der Waals surface area contributed by atoms with Crippen LogP contribution >= 0.6 is 0 Å². The molecule has 3 fully saturated rings. The highest BCUT2D eigenvalue weighted by molar-refractivity contribution is 6.08. The second-order valence-corrected chi connectivity index (χ2v) is 20.1. The number of unbranched alkanes of at least 4 members (excludes halogenated alkanes) is 3. The van der Waals surface area contributed by atoms with Crippen LogP contribution in [0, 0.1) is 5.92 Å². The molecule has 1 saturated carbocycles. The molecule has 5 N–H and O–H groups in total. The van der Waals surface area contributed by atoms with Gasteiger partial charge in [-0.2, -0.15) is 0 Å². The lowest BCUT2D eigenvalue weighted by atomic mass is 9.95. The van der Waals surface area contributed by atoms with Crippen LogP contribution in [0.5, 0.6) is 0 Å². The Bertz CT molecular complexity index is 2200. The van der Waals surface area contributed by atoms with E-state index in [1.807, 2.05) is 0 Å². The Morgan fingerprint density at radius 2 is 1.51 bits per heavy atom. The number of hydrogen-bond donors (Lipinski definition) is 5. The third kappa shape index (κ3) is 14.1. The molecule has 1 aliphatic carbocycles. The predicted octanol–water partition coefficient (Wildman–Crippen LogP) is 7.30. The van der Waals surface area contributed by atoms with Gasteiger partial charge >= 0.3 is 0 Å². The van der Waals surface area contributed by atoms with Crippen LogP contribution in [0.15, 0.2) is 53.7 Å². The number of fused-ring (bicyclic) bond motifs is 2. The summed E-state index contributed by atoms with van der Waals surface area (Å²) in [4.78, 5) is 48.7. The van der Waals surface area contributed by atoms with Gasteiger partial charge in [0.15, 0.2) is 12.5 Å². The molecule has 3 atom stereocenters. The SMILES string of the molecule is CCC(CC)CNC1N=Cc2c(-c3ccc(CN4CCN(CCCCCCOCCOCCOCCCNc5cccc6c5C(=O)N(C5CCC(=O)NC5=O)C6O)CC4)cc3)cn(C3CCCCC3)c2N1. The molecule has 2 aromatic carbocycles. The summed E-state index contributed by atoms with van der Waals surface area (Å²) in [7, 11) is 0. The van der Waals surface area contributed by atoms with Crippen LogP contribution in [0.1, 0.15) is 143 Å². The number of carbonyl (C=O) groups is 3. The number of benzene rings is 2. The normalized spacial score (nSPS) is 20.9. The largest absolute Gasteiger partial charge is 0.384 e. The fourth-order valence-corrected chi connectivity index (χ4v) is 10.8. The van der Waals surface area contributed by atoms with Gasteiger partial charge in [0.05, 0.1) is 32.0 Å². The summed E-state index contributed by atoms with van der Waals surface area (Å²) < 4.78 is 19.8. The van der Waals surface area contributed by atoms with Crippen LogP contribution in [0.3, 0.4) is 0 Å². The van der Waals surface area contributed by atoms with Gasteiger partial charge in [-0.15, -0.1) is 0 Å². The van der Waals surface area contributed by atoms with Crippen molar-refractivity contribution in [3.05, 3.63) is 70.9 Å². The lowest BCUT2D eigenvalue weighted by molar-refractivity contribution is -0.139. The molecule has 0 spiro atoms. The maximum atomic E-state index is 13.3. The summed E-state index contributed by atoms with van der Waals surface area (Å²) >= 11 is 0. The van der Waals surface area contributed by atoms with Gasteiger partial charge in [-0.3, -0.25) is 39.8 Å². The van der Waals surface area contributed by atoms with E-state index in [1.165, 1.54) is 104 Å². The molecule has 5 heterocycles. The number of nitrogens with one attached hydrogen (secondary N) is 4. The average molecular weight is 980 g/mol. The molecule has 16 heteroatoms. The number of amides is 3. The predicted molar refractivity (Wildman–Crippen MR) is 279 cm³/mol. The van der Waals surface area contributed by atoms with E-state index >= 15 is 0 Å². The van der Waals surface area contributed by atoms with Crippen molar-refractivity contribution in [2.24, 2.45) is 10.9 Å². The molecule has 0 radical (unpaired) electrons. The monoisotopic (exact) mass is 980 g/mol. The number of aliphatic hydroxyl groups excluding tert-OH is 1. The van der Waals surface area contributed by atoms with Gasteiger partial charge in [0, 0.05) is 106 Å². The fraction of sp³-hybridized carbons (Fsp3) is 0.636. The lowest BCUT2D eigenvalue weighted by Crippen LogP contribution is -2.53. The van der Waals surface area contributed by atoms with Crippen molar-refractivity contribution in [1.29, 1.82) is 0 Å². The van der Waals surface area contributed by atoms with Crippen LogP contribution in [0.25, 0.3) is 11.1 Å². The third-order valence-electron chi connectivity index (χ3n) is 15.2. The Hall–Kier alpha value is -4.68. The van der Waals surface area contributed by atoms with Gasteiger partial charge in [0.2, 0.25) is 11.8 Å². The van der Waals surface area contributed by atoms with Gasteiger partial charge in [-0.25, -0.2) is 0 Å². The van der Waals surface area contributed by atoms with Gasteiger partial charge in [-0.05, 0) is 68.2 Å². The van der Waals surface area contributed by atoms with E-state index in [-0.39, 0.29) is 25.0 Å². The van der Waals surface area contributed by atoms with Crippen molar-refractivity contribution in [3.8, 4) is 11.1 Å². The third-order valence-corrected chi connectivity index (χ3v) is 15.2. The topological polar surface area (TPSA) is 174 Å². The number of anilines is 2. The molecule has 3 unspecified atom stereocenters. The Morgan fingerprint density at radius 3 is 2.24 bits per heavy atom. The highest BCUT2D eigenvalue weighted by Crippen LogP contribution is 2.40. The number of hydrogen-bond acceptors (Lipinski definition) is 13. The first-order valence-corrected chi connectivity index (χ1v) is 27.1. The average Bonchev–Trinajstić information content (AvgIpc) is 3.89. The quantitative estimate of drug-likeness (QED) is 0.0364. The van der Waals surface area contributed by atoms with Crippen LogP contribution in [0.4, 0.5) is 11.5 Å². The molecular weight excluding hydrogens is 899 g/mol. The zero-order valence-electron chi connectivity index (χ0n) is 42.5. The van der Waals surface area contributed by atoms with Crippen LogP contribution in [-0.4, -0.2) is 146 Å². The number of ether oxygens (including phenoxy) is 3. The first-order valence-electron chi connectivity index (χ1n) is 27.1. The molecular formula is C55H81N9O7. The smallest absolute Gasteiger partial charge is 0.259 e. The fourth-order valence-electron chi connectivity index (χ4n) is 10.8. The molecule has 5 aliphatic rings. The molecule has 388 valence electrons. The summed E-state index contributed by atoms with van der Waals surface area (Å²) in [6.45, 7) is 16.1. The maximum Gasteiger partial charge on any atom is 0.259 e. The standard InChI is InChI=1S/C55H81N9O7/c1-3-40(4-2)36-57-55-58-37-45-46(39-63(51(45)60-55)43-14-8-7-9-15-43)42-20-18-41(19-21-42)38-62-28-26-61(27-29-62)25-10-5-6-11-30-69-32-34-71-35-33-70-31-13-24-56-47-17-12-16-44-50(47)54(68)64(53(44)67)48-22-23-49(65)59-52(48)66/h12,16-21,37,39-40,43,48,53,55-57,60,67H,3-11,13-15,22-36,38H2,1-2H3,(H,59,65,66). The van der Waals surface area contributed by atoms with E-state index in [9.17, 15) is 19.5 Å². The van der Waals surface area contributed by atoms with E-state index < -0.39 is 24.1 Å². The zero-order chi connectivity index (χ0) is 49.4. The number of rotatable bonds is 28. The number of nitrogens with zero attached hydrogens (tertiary/aromatic N) is 5. The Morgan fingerprint density at radius 1 is 0.803 bits per heavy atom. The number of carbonyl (C=O) groups excluding carboxylic acids is 3. The highest BCUT2D eigenvalue weighted by Gasteiger charge is 2.45. The van der Waals surface area contributed by atoms with E-state index in [0.29, 0.717) is 74.8 Å². The molecule has 4 aliphatic heterocycles. The molecule has 71 heavy (non-hydrogen) atoms. The van der Waals surface area contributed by atoms with Crippen molar-refractivity contribution < 1.29 is 33.7 Å². The minimum atomic E-state index is -1.24. The zero-order valence-corrected chi connectivity index (χ0v) is 42.5. The summed E-state index contributed by atoms with van der Waals surface area (Å²) in [5.41, 5.74) is 6.54. The van der Waals surface area contributed by atoms with Crippen molar-refractivity contribution >= 4 is 35.4 Å². The Balaban J connectivity index is 0.630. The molecule has 2 saturated heterocycles. The summed E-state index contributed by atoms with van der Waals surface area (Å²) in [5.74, 6) is 0.542. The van der Waals surface area contributed by atoms with Crippen LogP contribution in [-0.2, 0) is 30.3 Å². The first-order chi connectivity index (χ1) is 34.8. The van der Waals surface area contributed by atoms with Crippen molar-refractivity contribution in [2.75, 3.05) is 96.1 Å². The number of piperazine rings is 1. The summed E-state index contributed by atoms with van der Waals surface area (Å²) in [6, 6.07) is 14.2. The number of aliphatic imine (C=N–C) groups is 1. The van der Waals surface area contributed by atoms with Crippen molar-refractivity contribution in [2.45, 2.75) is 135 Å². The number of aliphatic hydroxyl groups is 1. The summed E-state index contributed by atoms with van der Waals surface area (Å²) in [6.07, 6.45) is 17.7. The van der Waals surface area contributed by atoms with Crippen LogP contribution < -0.4 is 21.3 Å². The Kier molecular flexibility index (Phi) is 19.9. The van der Waals surface area contributed by atoms with Crippen molar-refractivity contribution in [3.63, 3.8) is 0 Å². The van der Waals surface area contributed by atoms with Crippen LogP contribution in [0.2, 0.25) is 0 Å². The molecule has 8 rings (SSSR count). The number of piperidine rings is 1. The lowest BCUT2D eigenvalue weighted by Gasteiger charge is -2.34. The molecule has 1 aromatic heterocycles. The van der Waals surface area contributed by atoms with E-state index in [0.717, 1.165) is 52.3 Å². The first kappa shape index (κ1) is 52.6. The molecule has 3 amide bonds. The Labute approximate surface area is 421 Å². The minimum absolute atomic E-state index is 0.0828. The van der Waals surface area contributed by atoms with Gasteiger partial charge in [0.1, 0.15) is 11.9 Å². The molecule has 0 bridgehead atoms. The number of imide groups is 1. The number of aromatic nitrogens is 1. The minimum Gasteiger partial charge on any atom is -0.384 e. The van der Waals surface area contributed by atoms with Gasteiger partial charge in [-0.1, -0.05) is 95.2 Å². The van der Waals surface area contributed by atoms with Gasteiger partial charge < -0.3 is 39.4 Å². The van der Waals surface area contributed by atoms with Gasteiger partial charge in [0.25, 0.3) is 5.91 Å². The highest BCUT2D eigenvalue weighted by atomic mass is 16.5. The van der Waals surface area contributed by atoms with E-state index in [1.54, 1.807) is 18.2 Å².